The van der Waals surface area contributed by atoms with Crippen molar-refractivity contribution in [3.63, 3.8) is 0 Å². The number of thiol groups is 1. The molecule has 2 fully saturated rings. The SMILES string of the molecule is Oc1ccccc1CC[C@]12CCC3=Cc4c(cnn4-c4ccc(F)cc4)CC31O2.S=CS. The van der Waals surface area contributed by atoms with Gasteiger partial charge in [-0.1, -0.05) is 30.4 Å². The van der Waals surface area contributed by atoms with Crippen LogP contribution in [0.1, 0.15) is 36.1 Å². The zero-order valence-electron chi connectivity index (χ0n) is 17.4. The van der Waals surface area contributed by atoms with E-state index in [0.717, 1.165) is 49.0 Å². The first-order valence-electron chi connectivity index (χ1n) is 10.6. The van der Waals surface area contributed by atoms with Gasteiger partial charge in [-0.05, 0) is 73.2 Å². The molecule has 1 N–H and O–H groups in total. The smallest absolute Gasteiger partial charge is 0.123 e. The fraction of sp³-hybridized carbons (Fsp3) is 0.280. The first-order chi connectivity index (χ1) is 15.5. The Bertz CT molecular complexity index is 1210. The third-order valence-corrected chi connectivity index (χ3v) is 6.88. The lowest BCUT2D eigenvalue weighted by atomic mass is 9.81. The van der Waals surface area contributed by atoms with Crippen LogP contribution in [0.2, 0.25) is 0 Å². The van der Waals surface area contributed by atoms with Crippen molar-refractivity contribution in [3.05, 3.63) is 82.9 Å². The lowest BCUT2D eigenvalue weighted by Gasteiger charge is -2.20. The van der Waals surface area contributed by atoms with Crippen LogP contribution in [0.15, 0.2) is 60.3 Å². The maximum absolute atomic E-state index is 13.3. The summed E-state index contributed by atoms with van der Waals surface area (Å²) < 4.78 is 22.9. The number of halogens is 1. The van der Waals surface area contributed by atoms with Gasteiger partial charge in [-0.15, -0.1) is 12.6 Å². The summed E-state index contributed by atoms with van der Waals surface area (Å²) in [6, 6.07) is 14.0. The lowest BCUT2D eigenvalue weighted by Crippen LogP contribution is -2.27. The number of phenolic OH excluding ortho intramolecular Hbond substituents is 1. The molecule has 7 heteroatoms. The molecule has 4 nitrogen and oxygen atoms in total. The largest absolute Gasteiger partial charge is 0.508 e. The van der Waals surface area contributed by atoms with E-state index >= 15 is 0 Å². The molecule has 2 aromatic carbocycles. The van der Waals surface area contributed by atoms with Crippen molar-refractivity contribution < 1.29 is 14.2 Å². The Balaban J connectivity index is 0.000000684. The molecule has 1 aliphatic heterocycles. The lowest BCUT2D eigenvalue weighted by molar-refractivity contribution is 0.234. The number of nitrogens with zero attached hydrogens (tertiary/aromatic N) is 2. The Kier molecular flexibility index (Phi) is 5.43. The molecule has 2 heterocycles. The van der Waals surface area contributed by atoms with E-state index in [2.05, 4.69) is 36.0 Å². The number of aromatic hydroxyl groups is 1. The zero-order chi connectivity index (χ0) is 22.3. The van der Waals surface area contributed by atoms with Crippen molar-refractivity contribution in [1.82, 2.24) is 9.78 Å². The fourth-order valence-electron chi connectivity index (χ4n) is 5.30. The van der Waals surface area contributed by atoms with Crippen LogP contribution in [-0.4, -0.2) is 30.8 Å². The number of ether oxygens (including phenoxy) is 1. The van der Waals surface area contributed by atoms with Crippen LogP contribution in [0.3, 0.4) is 0 Å². The summed E-state index contributed by atoms with van der Waals surface area (Å²) in [5, 5.41) is 14.6. The summed E-state index contributed by atoms with van der Waals surface area (Å²) in [5.41, 5.74) is 5.09. The predicted octanol–water partition coefficient (Wildman–Crippen LogP) is 5.46. The van der Waals surface area contributed by atoms with Crippen LogP contribution in [0.5, 0.6) is 5.75 Å². The number of hydrogen-bond donors (Lipinski definition) is 2. The molecule has 0 bridgehead atoms. The van der Waals surface area contributed by atoms with E-state index in [0.29, 0.717) is 5.75 Å². The average Bonchev–Trinajstić information content (AvgIpc) is 3.07. The van der Waals surface area contributed by atoms with Crippen molar-refractivity contribution >= 4 is 35.6 Å². The van der Waals surface area contributed by atoms with Crippen molar-refractivity contribution in [2.45, 2.75) is 43.3 Å². The fourth-order valence-corrected chi connectivity index (χ4v) is 5.30. The normalized spacial score (nSPS) is 24.4. The maximum Gasteiger partial charge on any atom is 0.123 e. The van der Waals surface area contributed by atoms with Gasteiger partial charge < -0.3 is 9.84 Å². The summed E-state index contributed by atoms with van der Waals surface area (Å²) in [4.78, 5) is 0. The third-order valence-electron chi connectivity index (χ3n) is 6.88. The highest BCUT2D eigenvalue weighted by atomic mass is 32.1. The molecular weight excluding hydrogens is 443 g/mol. The summed E-state index contributed by atoms with van der Waals surface area (Å²) in [5.74, 6) is 0.113. The van der Waals surface area contributed by atoms with Crippen molar-refractivity contribution in [3.8, 4) is 11.4 Å². The molecular formula is C25H23FN2O2S2. The molecule has 1 unspecified atom stereocenters. The summed E-state index contributed by atoms with van der Waals surface area (Å²) >= 11 is 7.61. The van der Waals surface area contributed by atoms with Gasteiger partial charge in [0.2, 0.25) is 0 Å². The second kappa shape index (κ2) is 8.14. The highest BCUT2D eigenvalue weighted by Gasteiger charge is 2.74. The summed E-state index contributed by atoms with van der Waals surface area (Å²) in [7, 11) is 0. The molecule has 6 rings (SSSR count). The van der Waals surface area contributed by atoms with E-state index in [-0.39, 0.29) is 17.0 Å². The molecule has 1 saturated carbocycles. The van der Waals surface area contributed by atoms with Gasteiger partial charge in [0.25, 0.3) is 0 Å². The minimum Gasteiger partial charge on any atom is -0.508 e. The molecule has 164 valence electrons. The van der Waals surface area contributed by atoms with Gasteiger partial charge >= 0.3 is 0 Å². The Hall–Kier alpha value is -2.48. The number of hydrogen-bond acceptors (Lipinski definition) is 4. The Morgan fingerprint density at radius 1 is 1.22 bits per heavy atom. The van der Waals surface area contributed by atoms with Crippen LogP contribution in [0.25, 0.3) is 11.8 Å². The maximum atomic E-state index is 13.3. The summed E-state index contributed by atoms with van der Waals surface area (Å²) in [6.45, 7) is 0. The van der Waals surface area contributed by atoms with Gasteiger partial charge in [0, 0.05) is 16.7 Å². The van der Waals surface area contributed by atoms with Gasteiger partial charge in [0.1, 0.15) is 22.8 Å². The van der Waals surface area contributed by atoms with E-state index in [1.807, 2.05) is 29.1 Å². The van der Waals surface area contributed by atoms with Gasteiger partial charge in [-0.3, -0.25) is 0 Å². The number of rotatable bonds is 4. The van der Waals surface area contributed by atoms with E-state index in [9.17, 15) is 9.50 Å². The van der Waals surface area contributed by atoms with Gasteiger partial charge in [0.15, 0.2) is 0 Å². The molecule has 1 aromatic heterocycles. The number of para-hydroxylation sites is 1. The predicted molar refractivity (Wildman–Crippen MR) is 130 cm³/mol. The average molecular weight is 467 g/mol. The quantitative estimate of drug-likeness (QED) is 0.304. The van der Waals surface area contributed by atoms with E-state index < -0.39 is 0 Å². The molecule has 32 heavy (non-hydrogen) atoms. The van der Waals surface area contributed by atoms with Crippen LogP contribution in [0, 0.1) is 5.82 Å². The number of aryl methyl sites for hydroxylation is 1. The standard InChI is InChI=1S/C24H21FN2O2.CH2S2/c25-19-5-7-20(8-6-19)27-21-13-18-10-12-23(11-9-16-3-1-2-4-22(16)28)24(18,29-23)14-17(21)15-26-27;2-1-3/h1-8,13,15,28H,9-12,14H2;1H,(H,2,3)/t23-,24?;/m0./s1. The van der Waals surface area contributed by atoms with Crippen LogP contribution >= 0.6 is 24.8 Å². The van der Waals surface area contributed by atoms with Crippen LogP contribution in [-0.2, 0) is 17.6 Å². The van der Waals surface area contributed by atoms with E-state index in [1.165, 1.54) is 28.0 Å². The molecule has 2 atom stereocenters. The molecule has 0 radical (unpaired) electrons. The van der Waals surface area contributed by atoms with Gasteiger partial charge in [-0.25, -0.2) is 9.07 Å². The first kappa shape index (κ1) is 21.4. The van der Waals surface area contributed by atoms with Crippen molar-refractivity contribution in [2.24, 2.45) is 0 Å². The highest BCUT2D eigenvalue weighted by molar-refractivity contribution is 8.08. The van der Waals surface area contributed by atoms with Gasteiger partial charge in [0.05, 0.1) is 17.6 Å². The highest BCUT2D eigenvalue weighted by Crippen LogP contribution is 2.67. The molecule has 0 amide bonds. The monoisotopic (exact) mass is 466 g/mol. The van der Waals surface area contributed by atoms with Gasteiger partial charge in [-0.2, -0.15) is 5.10 Å². The Labute approximate surface area is 197 Å². The molecule has 3 aliphatic rings. The number of aromatic nitrogens is 2. The minimum atomic E-state index is -0.247. The van der Waals surface area contributed by atoms with Crippen molar-refractivity contribution in [1.29, 1.82) is 0 Å². The molecule has 1 saturated heterocycles. The minimum absolute atomic E-state index is 0.128. The topological polar surface area (TPSA) is 50.6 Å². The second-order valence-corrected chi connectivity index (χ2v) is 9.29. The number of fused-ring (bicyclic) bond motifs is 1. The van der Waals surface area contributed by atoms with E-state index in [1.54, 1.807) is 18.2 Å². The summed E-state index contributed by atoms with van der Waals surface area (Å²) in [6.07, 6.45) is 8.72. The molecule has 3 aromatic rings. The Morgan fingerprint density at radius 3 is 2.72 bits per heavy atom. The van der Waals surface area contributed by atoms with Crippen LogP contribution in [0.4, 0.5) is 4.39 Å². The van der Waals surface area contributed by atoms with E-state index in [4.69, 9.17) is 4.74 Å². The second-order valence-electron chi connectivity index (χ2n) is 8.45. The first-order valence-corrected chi connectivity index (χ1v) is 11.6. The Morgan fingerprint density at radius 2 is 1.97 bits per heavy atom. The number of thiocarbonyl (C=S) groups is 1. The third kappa shape index (κ3) is 3.39. The zero-order valence-corrected chi connectivity index (χ0v) is 19.1. The number of epoxide rings is 1. The van der Waals surface area contributed by atoms with Crippen LogP contribution < -0.4 is 0 Å². The molecule has 2 aliphatic carbocycles. The molecule has 1 spiro atoms. The number of benzene rings is 2. The number of phenols is 1. The van der Waals surface area contributed by atoms with Crippen molar-refractivity contribution in [2.75, 3.05) is 0 Å².